The van der Waals surface area contributed by atoms with Crippen LogP contribution in [0.3, 0.4) is 0 Å². The highest BCUT2D eigenvalue weighted by atomic mass is 16.4. The molecule has 2 aliphatic heterocycles. The van der Waals surface area contributed by atoms with Crippen molar-refractivity contribution in [3.8, 4) is 0 Å². The van der Waals surface area contributed by atoms with Crippen molar-refractivity contribution in [3.63, 3.8) is 0 Å². The molecule has 15 heteroatoms. The van der Waals surface area contributed by atoms with E-state index in [9.17, 15) is 33.6 Å². The maximum atomic E-state index is 14.5. The Bertz CT molecular complexity index is 1500. The zero-order chi connectivity index (χ0) is 40.4. The quantitative estimate of drug-likeness (QED) is 0.0315. The summed E-state index contributed by atoms with van der Waals surface area (Å²) in [7, 11) is 0. The van der Waals surface area contributed by atoms with Crippen LogP contribution in [0.1, 0.15) is 88.0 Å². The lowest BCUT2D eigenvalue weighted by Gasteiger charge is -2.37. The number of rotatable bonds is 17. The van der Waals surface area contributed by atoms with Crippen LogP contribution in [0.5, 0.6) is 0 Å². The number of urea groups is 1. The summed E-state index contributed by atoms with van der Waals surface area (Å²) >= 11 is 0. The van der Waals surface area contributed by atoms with Crippen molar-refractivity contribution in [1.82, 2.24) is 31.1 Å². The molecule has 0 radical (unpaired) electrons. The zero-order valence-corrected chi connectivity index (χ0v) is 32.8. The maximum Gasteiger partial charge on any atom is 0.315 e. The molecule has 2 heterocycles. The smallest absolute Gasteiger partial charge is 0.315 e. The van der Waals surface area contributed by atoms with Gasteiger partial charge in [0.25, 0.3) is 17.7 Å². The third kappa shape index (κ3) is 11.3. The summed E-state index contributed by atoms with van der Waals surface area (Å²) in [5.74, 6) is -3.93. The average Bonchev–Trinajstić information content (AvgIpc) is 3.62. The Hall–Kier alpha value is -4.82. The van der Waals surface area contributed by atoms with Gasteiger partial charge in [-0.15, -0.1) is 6.58 Å². The van der Waals surface area contributed by atoms with Crippen molar-refractivity contribution in [2.24, 2.45) is 22.7 Å². The van der Waals surface area contributed by atoms with E-state index in [1.807, 2.05) is 41.5 Å². The normalized spacial score (nSPS) is 19.7. The van der Waals surface area contributed by atoms with Gasteiger partial charge >= 0.3 is 6.03 Å². The molecule has 0 spiro atoms. The van der Waals surface area contributed by atoms with E-state index in [4.69, 9.17) is 5.21 Å². The second-order valence-electron chi connectivity index (χ2n) is 16.2. The zero-order valence-electron chi connectivity index (χ0n) is 32.8. The summed E-state index contributed by atoms with van der Waals surface area (Å²) < 4.78 is 0. The lowest BCUT2D eigenvalue weighted by molar-refractivity contribution is -0.733. The van der Waals surface area contributed by atoms with Crippen LogP contribution in [0.2, 0.25) is 0 Å². The van der Waals surface area contributed by atoms with Gasteiger partial charge in [-0.3, -0.25) is 38.9 Å². The molecular weight excluding hydrogens is 682 g/mol. The number of unbranched alkanes of at least 4 members (excludes halogenated alkanes) is 1. The first kappa shape index (κ1) is 44.3. The van der Waals surface area contributed by atoms with Gasteiger partial charge in [0.05, 0.1) is 24.2 Å². The van der Waals surface area contributed by atoms with Crippen LogP contribution in [0.15, 0.2) is 36.5 Å². The van der Waals surface area contributed by atoms with Crippen molar-refractivity contribution < 1.29 is 43.9 Å². The third-order valence-electron chi connectivity index (χ3n) is 9.73. The molecule has 0 aromatic rings. The molecule has 2 rings (SSSR count). The van der Waals surface area contributed by atoms with Gasteiger partial charge in [0.15, 0.2) is 0 Å². The van der Waals surface area contributed by atoms with E-state index in [0.717, 1.165) is 17.5 Å². The summed E-state index contributed by atoms with van der Waals surface area (Å²) in [6.45, 7) is 24.0. The molecule has 0 bridgehead atoms. The van der Waals surface area contributed by atoms with Crippen LogP contribution in [0, 0.1) is 22.7 Å². The second kappa shape index (κ2) is 18.8. The predicted molar refractivity (Wildman–Crippen MR) is 199 cm³/mol. The van der Waals surface area contributed by atoms with Crippen LogP contribution in [-0.4, -0.2) is 106 Å². The summed E-state index contributed by atoms with van der Waals surface area (Å²) in [6, 6.07) is -4.67. The summed E-state index contributed by atoms with van der Waals surface area (Å²) in [5, 5.41) is 21.8. The molecule has 1 saturated heterocycles. The predicted octanol–water partition coefficient (Wildman–Crippen LogP) is 0.926. The molecule has 0 aromatic carbocycles. The number of carbonyl (C=O) groups is 7. The molecule has 6 N–H and O–H groups in total. The number of Topliss-reactive ketones (excluding diaryl/α,β-unsaturated/α-hetero) is 1. The fourth-order valence-electron chi connectivity index (χ4n) is 6.24. The Morgan fingerprint density at radius 3 is 2.09 bits per heavy atom. The highest BCUT2D eigenvalue weighted by molar-refractivity contribution is 6.38. The second-order valence-corrected chi connectivity index (χ2v) is 16.2. The molecule has 15 nitrogen and oxygen atoms in total. The van der Waals surface area contributed by atoms with E-state index in [0.29, 0.717) is 12.8 Å². The number of nitrogens with one attached hydrogen (secondary N) is 5. The Kier molecular flexibility index (Phi) is 15.7. The fraction of sp³-hybridized carbons (Fsp3) is 0.632. The lowest BCUT2D eigenvalue weighted by Crippen LogP contribution is -2.64. The van der Waals surface area contributed by atoms with E-state index in [1.165, 1.54) is 17.1 Å². The average molecular weight is 743 g/mol. The lowest BCUT2D eigenvalue weighted by atomic mass is 9.85. The minimum atomic E-state index is -1.12. The molecular formula is C38H60N7O8+. The largest absolute Gasteiger partial charge is 0.346 e. The van der Waals surface area contributed by atoms with E-state index in [-0.39, 0.29) is 49.0 Å². The summed E-state index contributed by atoms with van der Waals surface area (Å²) in [6.07, 6.45) is 5.53. The fourth-order valence-corrected chi connectivity index (χ4v) is 6.24. The number of hydrogen-bond donors (Lipinski definition) is 6. The summed E-state index contributed by atoms with van der Waals surface area (Å²) in [4.78, 5) is 96.4. The molecule has 1 unspecified atom stereocenters. The van der Waals surface area contributed by atoms with Crippen LogP contribution >= 0.6 is 0 Å². The van der Waals surface area contributed by atoms with Crippen molar-refractivity contribution in [2.75, 3.05) is 19.6 Å². The molecule has 53 heavy (non-hydrogen) atoms. The first-order chi connectivity index (χ1) is 24.6. The molecule has 2 aliphatic rings. The molecule has 1 fully saturated rings. The monoisotopic (exact) mass is 742 g/mol. The van der Waals surface area contributed by atoms with Crippen LogP contribution in [0.4, 0.5) is 4.79 Å². The number of amides is 7. The number of likely N-dealkylation sites (tertiary alicyclic amines) is 1. The van der Waals surface area contributed by atoms with Crippen molar-refractivity contribution in [3.05, 3.63) is 36.5 Å². The van der Waals surface area contributed by atoms with E-state index < -0.39 is 76.3 Å². The Morgan fingerprint density at radius 2 is 1.58 bits per heavy atom. The number of ketones is 1. The van der Waals surface area contributed by atoms with Crippen molar-refractivity contribution in [1.29, 1.82) is 0 Å². The summed E-state index contributed by atoms with van der Waals surface area (Å²) in [5.41, 5.74) is -1.60. The minimum Gasteiger partial charge on any atom is -0.346 e. The first-order valence-corrected chi connectivity index (χ1v) is 18.2. The molecule has 0 saturated carbocycles. The Morgan fingerprint density at radius 1 is 0.962 bits per heavy atom. The molecule has 7 amide bonds. The van der Waals surface area contributed by atoms with Gasteiger partial charge in [0.1, 0.15) is 17.7 Å². The van der Waals surface area contributed by atoms with Gasteiger partial charge in [-0.2, -0.15) is 0 Å². The van der Waals surface area contributed by atoms with Crippen molar-refractivity contribution in [2.45, 2.75) is 112 Å². The van der Waals surface area contributed by atoms with Crippen LogP contribution in [0.25, 0.3) is 0 Å². The first-order valence-electron chi connectivity index (χ1n) is 18.2. The van der Waals surface area contributed by atoms with E-state index in [1.54, 1.807) is 25.9 Å². The molecule has 294 valence electrons. The van der Waals surface area contributed by atoms with Gasteiger partial charge in [0, 0.05) is 13.1 Å². The van der Waals surface area contributed by atoms with E-state index >= 15 is 0 Å². The number of carbonyl (C=O) groups excluding carboxylic acids is 7. The van der Waals surface area contributed by atoms with Gasteiger partial charge in [-0.1, -0.05) is 93.9 Å². The number of hydrogen-bond acceptors (Lipinski definition) is 8. The molecule has 5 atom stereocenters. The van der Waals surface area contributed by atoms with Crippen molar-refractivity contribution >= 4 is 47.6 Å². The van der Waals surface area contributed by atoms with Gasteiger partial charge in [-0.25, -0.2) is 4.79 Å². The number of nitrogens with zero attached hydrogens (tertiary/aromatic N) is 2. The van der Waals surface area contributed by atoms with Gasteiger partial charge in [-0.05, 0) is 40.7 Å². The van der Waals surface area contributed by atoms with Crippen LogP contribution < -0.4 is 26.4 Å². The topological polar surface area (TPSA) is 208 Å². The van der Waals surface area contributed by atoms with Gasteiger partial charge < -0.3 is 26.2 Å². The Balaban J connectivity index is 2.37. The highest BCUT2D eigenvalue weighted by Gasteiger charge is 2.47. The van der Waals surface area contributed by atoms with E-state index in [2.05, 4.69) is 34.4 Å². The third-order valence-corrected chi connectivity index (χ3v) is 9.73. The number of imide groups is 1. The minimum absolute atomic E-state index is 0.00651. The maximum absolute atomic E-state index is 14.5. The van der Waals surface area contributed by atoms with Gasteiger partial charge in [0.2, 0.25) is 23.8 Å². The Labute approximate surface area is 313 Å². The standard InChI is InChI=1S/C38H59N7O8/c1-12-15-16-26(29(46)32(48)39-17-13-2)41-31(47)27-18-23(22(4)5)20-44(27)35(51)30(38(9,10)11)43-36(52)42-28(37(6,7)8)21-45-33(49)24(14-3)25(19-40-53)34(45)50/h13-14,19,22-23,26-28,30,53H,2-3,12,15-18,20-21H2,1,4-11H3,(H,39,48)(H,41,47)(H2,42,43,52)/p+1/b40-19+/t23-,26?,27+,28-,30-/m1/s1. The SMILES string of the molecule is C=CCNC(=O)C(=O)C(CCCC)NC(=O)[C@@H]1C[C@@H](C(C)C)CN1C(=O)[C@@H](NC(=O)N[C@H](CN1C(=O)C(C=C)=C(/C=[NH+]/O)C1=O)C(C)(C)C)C(C)(C)C. The molecule has 0 aromatic heterocycles. The highest BCUT2D eigenvalue weighted by Crippen LogP contribution is 2.32. The molecule has 0 aliphatic carbocycles. The van der Waals surface area contributed by atoms with Crippen LogP contribution in [-0.2, 0) is 28.8 Å².